The smallest absolute Gasteiger partial charge is 0.281 e. The first kappa shape index (κ1) is 17.2. The van der Waals surface area contributed by atoms with Crippen LogP contribution in [0.2, 0.25) is 5.02 Å². The number of carbonyl (C=O) groups excluding carboxylic acids is 1. The third kappa shape index (κ3) is 3.22. The van der Waals surface area contributed by atoms with Gasteiger partial charge in [0, 0.05) is 11.1 Å². The first-order valence-electron chi connectivity index (χ1n) is 5.89. The van der Waals surface area contributed by atoms with E-state index in [9.17, 15) is 20.0 Å². The van der Waals surface area contributed by atoms with Gasteiger partial charge in [0.05, 0.1) is 16.6 Å². The SMILES string of the molecule is CC(C)(C#N)C(=O)C(C#N)=C(O)c1ccc(Cl)cc1[N+](=O)[O-]. The number of nitriles is 2. The Hall–Kier alpha value is -2.90. The van der Waals surface area contributed by atoms with Crippen LogP contribution in [0.1, 0.15) is 19.4 Å². The highest BCUT2D eigenvalue weighted by atomic mass is 35.5. The number of aliphatic hydroxyl groups is 1. The third-order valence-electron chi connectivity index (χ3n) is 2.83. The average molecular weight is 320 g/mol. The molecule has 7 nitrogen and oxygen atoms in total. The average Bonchev–Trinajstić information content (AvgIpc) is 2.47. The molecule has 1 rings (SSSR count). The van der Waals surface area contributed by atoms with E-state index in [1.165, 1.54) is 26.0 Å². The van der Waals surface area contributed by atoms with Crippen molar-refractivity contribution in [1.29, 1.82) is 10.5 Å². The molecule has 0 aliphatic carbocycles. The number of benzene rings is 1. The van der Waals surface area contributed by atoms with Gasteiger partial charge in [-0.1, -0.05) is 11.6 Å². The normalized spacial score (nSPS) is 11.9. The molecule has 0 atom stereocenters. The van der Waals surface area contributed by atoms with E-state index < -0.39 is 33.1 Å². The second kappa shape index (κ2) is 6.25. The second-order valence-electron chi connectivity index (χ2n) is 4.82. The molecule has 0 radical (unpaired) electrons. The number of ketones is 1. The molecule has 0 aromatic heterocycles. The number of nitro groups is 1. The van der Waals surface area contributed by atoms with E-state index in [2.05, 4.69) is 0 Å². The number of carbonyl (C=O) groups is 1. The maximum Gasteiger partial charge on any atom is 0.281 e. The van der Waals surface area contributed by atoms with Gasteiger partial charge in [-0.25, -0.2) is 0 Å². The van der Waals surface area contributed by atoms with Gasteiger partial charge in [0.2, 0.25) is 0 Å². The molecular formula is C14H10ClN3O4. The Morgan fingerprint density at radius 3 is 2.45 bits per heavy atom. The van der Waals surface area contributed by atoms with E-state index in [1.807, 2.05) is 0 Å². The van der Waals surface area contributed by atoms with Crippen molar-refractivity contribution in [2.75, 3.05) is 0 Å². The molecular weight excluding hydrogens is 310 g/mol. The summed E-state index contributed by atoms with van der Waals surface area (Å²) in [5.74, 6) is -1.79. The van der Waals surface area contributed by atoms with Crippen molar-refractivity contribution in [3.05, 3.63) is 44.5 Å². The summed E-state index contributed by atoms with van der Waals surface area (Å²) < 4.78 is 0. The number of allylic oxidation sites excluding steroid dienone is 1. The number of nitrogens with zero attached hydrogens (tertiary/aromatic N) is 3. The molecule has 0 fully saturated rings. The van der Waals surface area contributed by atoms with E-state index in [1.54, 1.807) is 6.07 Å². The van der Waals surface area contributed by atoms with Gasteiger partial charge in [-0.2, -0.15) is 10.5 Å². The number of hydrogen-bond donors (Lipinski definition) is 1. The second-order valence-corrected chi connectivity index (χ2v) is 5.26. The lowest BCUT2D eigenvalue weighted by molar-refractivity contribution is -0.385. The molecule has 1 N–H and O–H groups in total. The molecule has 0 unspecified atom stereocenters. The molecule has 0 aliphatic rings. The number of rotatable bonds is 4. The summed E-state index contributed by atoms with van der Waals surface area (Å²) >= 11 is 5.66. The van der Waals surface area contributed by atoms with Crippen LogP contribution < -0.4 is 0 Å². The maximum absolute atomic E-state index is 12.1. The van der Waals surface area contributed by atoms with E-state index in [0.717, 1.165) is 12.1 Å². The van der Waals surface area contributed by atoms with Gasteiger partial charge in [-0.3, -0.25) is 14.9 Å². The minimum atomic E-state index is -1.56. The molecule has 0 bridgehead atoms. The number of Topliss-reactive ketones (excluding diaryl/α,β-unsaturated/α-hetero) is 1. The molecule has 22 heavy (non-hydrogen) atoms. The first-order valence-corrected chi connectivity index (χ1v) is 6.27. The molecule has 0 spiro atoms. The molecule has 8 heteroatoms. The minimum Gasteiger partial charge on any atom is -0.506 e. The van der Waals surface area contributed by atoms with Crippen LogP contribution in [0.3, 0.4) is 0 Å². The zero-order chi connectivity index (χ0) is 17.1. The van der Waals surface area contributed by atoms with Crippen LogP contribution in [0.4, 0.5) is 5.69 Å². The fourth-order valence-electron chi connectivity index (χ4n) is 1.57. The van der Waals surface area contributed by atoms with Gasteiger partial charge in [0.25, 0.3) is 5.69 Å². The molecule has 0 saturated carbocycles. The van der Waals surface area contributed by atoms with Gasteiger partial charge >= 0.3 is 0 Å². The van der Waals surface area contributed by atoms with E-state index in [0.29, 0.717) is 0 Å². The lowest BCUT2D eigenvalue weighted by atomic mass is 9.85. The van der Waals surface area contributed by atoms with E-state index >= 15 is 0 Å². The van der Waals surface area contributed by atoms with Crippen molar-refractivity contribution in [1.82, 2.24) is 0 Å². The summed E-state index contributed by atoms with van der Waals surface area (Å²) in [6.45, 7) is 2.55. The van der Waals surface area contributed by atoms with E-state index in [-0.39, 0.29) is 10.6 Å². The highest BCUT2D eigenvalue weighted by Crippen LogP contribution is 2.31. The van der Waals surface area contributed by atoms with Crippen LogP contribution in [-0.2, 0) is 4.79 Å². The summed E-state index contributed by atoms with van der Waals surface area (Å²) in [5, 5.41) is 39.2. The Kier molecular flexibility index (Phi) is 4.87. The molecule has 0 aliphatic heterocycles. The maximum atomic E-state index is 12.1. The van der Waals surface area contributed by atoms with Crippen LogP contribution in [0.15, 0.2) is 23.8 Å². The molecule has 0 amide bonds. The van der Waals surface area contributed by atoms with Gasteiger partial charge in [0.1, 0.15) is 17.1 Å². The Morgan fingerprint density at radius 1 is 1.41 bits per heavy atom. The number of aliphatic hydroxyl groups excluding tert-OH is 1. The zero-order valence-electron chi connectivity index (χ0n) is 11.6. The topological polar surface area (TPSA) is 128 Å². The van der Waals surface area contributed by atoms with Crippen molar-refractivity contribution in [3.63, 3.8) is 0 Å². The van der Waals surface area contributed by atoms with Crippen LogP contribution in [0, 0.1) is 38.2 Å². The van der Waals surface area contributed by atoms with Crippen molar-refractivity contribution in [2.24, 2.45) is 5.41 Å². The Labute approximate surface area is 130 Å². The molecule has 112 valence electrons. The van der Waals surface area contributed by atoms with Gasteiger partial charge in [-0.15, -0.1) is 0 Å². The van der Waals surface area contributed by atoms with Crippen molar-refractivity contribution < 1.29 is 14.8 Å². The van der Waals surface area contributed by atoms with E-state index in [4.69, 9.17) is 22.1 Å². The highest BCUT2D eigenvalue weighted by Gasteiger charge is 2.34. The van der Waals surface area contributed by atoms with Gasteiger partial charge in [0.15, 0.2) is 11.5 Å². The number of halogens is 1. The lowest BCUT2D eigenvalue weighted by Crippen LogP contribution is -2.24. The van der Waals surface area contributed by atoms with Crippen LogP contribution in [0.25, 0.3) is 5.76 Å². The first-order chi connectivity index (χ1) is 10.2. The largest absolute Gasteiger partial charge is 0.506 e. The van der Waals surface area contributed by atoms with Crippen LogP contribution >= 0.6 is 11.6 Å². The molecule has 0 saturated heterocycles. The number of hydrogen-bond acceptors (Lipinski definition) is 6. The highest BCUT2D eigenvalue weighted by molar-refractivity contribution is 6.30. The predicted octanol–water partition coefficient (Wildman–Crippen LogP) is 3.16. The molecule has 1 aromatic rings. The minimum absolute atomic E-state index is 0.0606. The van der Waals surface area contributed by atoms with Crippen molar-refractivity contribution in [3.8, 4) is 12.1 Å². The summed E-state index contributed by atoms with van der Waals surface area (Å²) in [4.78, 5) is 22.3. The monoisotopic (exact) mass is 319 g/mol. The molecule has 0 heterocycles. The fourth-order valence-corrected chi connectivity index (χ4v) is 1.73. The Balaban J connectivity index is 3.61. The third-order valence-corrected chi connectivity index (χ3v) is 3.07. The van der Waals surface area contributed by atoms with Gasteiger partial charge < -0.3 is 5.11 Å². The predicted molar refractivity (Wildman–Crippen MR) is 77.7 cm³/mol. The quantitative estimate of drug-likeness (QED) is 0.298. The zero-order valence-corrected chi connectivity index (χ0v) is 12.4. The summed E-state index contributed by atoms with van der Waals surface area (Å²) in [6, 6.07) is 6.59. The van der Waals surface area contributed by atoms with Crippen molar-refractivity contribution >= 4 is 28.8 Å². The fraction of sp³-hybridized carbons (Fsp3) is 0.214. The number of nitro benzene ring substituents is 1. The Morgan fingerprint density at radius 2 is 2.00 bits per heavy atom. The van der Waals surface area contributed by atoms with Gasteiger partial charge in [-0.05, 0) is 26.0 Å². The van der Waals surface area contributed by atoms with Crippen LogP contribution in [0.5, 0.6) is 0 Å². The Bertz CT molecular complexity index is 769. The lowest BCUT2D eigenvalue weighted by Gasteiger charge is -2.13. The summed E-state index contributed by atoms with van der Waals surface area (Å²) in [7, 11) is 0. The standard InChI is InChI=1S/C14H10ClN3O4/c1-14(2,7-17)13(20)10(6-16)12(19)9-4-3-8(15)5-11(9)18(21)22/h3-5,19H,1-2H3. The van der Waals surface area contributed by atoms with Crippen molar-refractivity contribution in [2.45, 2.75) is 13.8 Å². The summed E-state index contributed by atoms with van der Waals surface area (Å²) in [5.41, 5.74) is -3.16. The van der Waals surface area contributed by atoms with Crippen LogP contribution in [-0.4, -0.2) is 15.8 Å². The molecule has 1 aromatic carbocycles. The summed E-state index contributed by atoms with van der Waals surface area (Å²) in [6.07, 6.45) is 0.